The van der Waals surface area contributed by atoms with E-state index < -0.39 is 41.7 Å². The van der Waals surface area contributed by atoms with E-state index >= 15 is 0 Å². The molecule has 5 N–H and O–H groups in total. The molecule has 53 heavy (non-hydrogen) atoms. The number of hydrogen-bond acceptors (Lipinski definition) is 7. The fraction of sp³-hybridized carbons (Fsp3) is 0.333. The first kappa shape index (κ1) is 38.5. The van der Waals surface area contributed by atoms with Crippen LogP contribution in [0.25, 0.3) is 11.1 Å². The Bertz CT molecular complexity index is 1810. The van der Waals surface area contributed by atoms with E-state index in [1.807, 2.05) is 66.7 Å². The Morgan fingerprint density at radius 2 is 1.32 bits per heavy atom. The van der Waals surface area contributed by atoms with Crippen LogP contribution in [-0.4, -0.2) is 59.9 Å². The van der Waals surface area contributed by atoms with Crippen LogP contribution in [0.4, 0.5) is 15.3 Å². The van der Waals surface area contributed by atoms with Gasteiger partial charge in [-0.3, -0.25) is 9.59 Å². The molecule has 278 valence electrons. The summed E-state index contributed by atoms with van der Waals surface area (Å²) >= 11 is 0. The zero-order chi connectivity index (χ0) is 37.8. The molecule has 2 atom stereocenters. The topological polar surface area (TPSA) is 155 Å². The molecule has 4 amide bonds. The summed E-state index contributed by atoms with van der Waals surface area (Å²) in [6.07, 6.45) is 0.144. The van der Waals surface area contributed by atoms with Crippen LogP contribution in [0.15, 0.2) is 103 Å². The first-order valence-electron chi connectivity index (χ1n) is 17.9. The Morgan fingerprint density at radius 1 is 0.698 bits per heavy atom. The Kier molecular flexibility index (Phi) is 13.2. The highest BCUT2D eigenvalue weighted by atomic mass is 16.6. The van der Waals surface area contributed by atoms with E-state index in [1.54, 1.807) is 45.0 Å². The van der Waals surface area contributed by atoms with Crippen LogP contribution in [0.2, 0.25) is 0 Å². The number of alkyl carbamates (subject to hydrolysis) is 2. The van der Waals surface area contributed by atoms with Gasteiger partial charge in [-0.1, -0.05) is 91.0 Å². The van der Waals surface area contributed by atoms with Gasteiger partial charge in [0.25, 0.3) is 0 Å². The number of rotatable bonds is 15. The van der Waals surface area contributed by atoms with Gasteiger partial charge in [-0.05, 0) is 85.5 Å². The summed E-state index contributed by atoms with van der Waals surface area (Å²) in [5, 5.41) is 20.6. The van der Waals surface area contributed by atoms with Crippen LogP contribution < -0.4 is 21.3 Å². The van der Waals surface area contributed by atoms with Gasteiger partial charge >= 0.3 is 12.2 Å². The van der Waals surface area contributed by atoms with Crippen LogP contribution >= 0.6 is 0 Å². The molecule has 0 unspecified atom stereocenters. The summed E-state index contributed by atoms with van der Waals surface area (Å²) in [7, 11) is 0. The second kappa shape index (κ2) is 18.2. The maximum absolute atomic E-state index is 14.0. The van der Waals surface area contributed by atoms with Crippen molar-refractivity contribution in [2.24, 2.45) is 0 Å². The van der Waals surface area contributed by atoms with Crippen LogP contribution in [0.5, 0.6) is 0 Å². The average molecular weight is 721 g/mol. The fourth-order valence-corrected chi connectivity index (χ4v) is 6.28. The maximum Gasteiger partial charge on any atom is 0.407 e. The number of nitrogens with one attached hydrogen (secondary N) is 4. The van der Waals surface area contributed by atoms with Crippen molar-refractivity contribution in [1.82, 2.24) is 16.0 Å². The van der Waals surface area contributed by atoms with Gasteiger partial charge in [-0.25, -0.2) is 9.59 Å². The molecule has 1 aliphatic rings. The average Bonchev–Trinajstić information content (AvgIpc) is 3.46. The molecular formula is C42H48N4O7. The predicted octanol–water partition coefficient (Wildman–Crippen LogP) is 6.45. The van der Waals surface area contributed by atoms with Crippen molar-refractivity contribution < 1.29 is 33.8 Å². The third kappa shape index (κ3) is 11.2. The second-order valence-corrected chi connectivity index (χ2v) is 14.0. The molecule has 0 spiro atoms. The minimum absolute atomic E-state index is 0.0803. The summed E-state index contributed by atoms with van der Waals surface area (Å²) in [5.74, 6) is -1.15. The monoisotopic (exact) mass is 720 g/mol. The lowest BCUT2D eigenvalue weighted by Gasteiger charge is -2.24. The van der Waals surface area contributed by atoms with Crippen LogP contribution in [-0.2, 0) is 32.1 Å². The molecule has 5 rings (SSSR count). The van der Waals surface area contributed by atoms with E-state index in [9.17, 15) is 24.3 Å². The molecule has 0 bridgehead atoms. The lowest BCUT2D eigenvalue weighted by molar-refractivity contribution is -0.128. The van der Waals surface area contributed by atoms with E-state index in [-0.39, 0.29) is 32.0 Å². The highest BCUT2D eigenvalue weighted by Crippen LogP contribution is 2.44. The van der Waals surface area contributed by atoms with Crippen molar-refractivity contribution in [1.29, 1.82) is 0 Å². The Hall–Kier alpha value is -5.68. The smallest absolute Gasteiger partial charge is 0.407 e. The highest BCUT2D eigenvalue weighted by Gasteiger charge is 2.31. The normalized spacial score (nSPS) is 13.1. The van der Waals surface area contributed by atoms with Gasteiger partial charge in [-0.15, -0.1) is 0 Å². The highest BCUT2D eigenvalue weighted by molar-refractivity contribution is 5.98. The number of carbonyl (C=O) groups is 4. The Morgan fingerprint density at radius 3 is 1.94 bits per heavy atom. The van der Waals surface area contributed by atoms with Crippen LogP contribution in [0.3, 0.4) is 0 Å². The third-order valence-electron chi connectivity index (χ3n) is 8.86. The Labute approximate surface area is 310 Å². The summed E-state index contributed by atoms with van der Waals surface area (Å²) in [6, 6.07) is 30.1. The van der Waals surface area contributed by atoms with Crippen molar-refractivity contribution in [3.05, 3.63) is 125 Å². The van der Waals surface area contributed by atoms with Crippen molar-refractivity contribution in [2.75, 3.05) is 18.5 Å². The van der Waals surface area contributed by atoms with E-state index in [2.05, 4.69) is 33.4 Å². The number of unbranched alkanes of at least 4 members (excludes halogenated alkanes) is 1. The standard InChI is InChI=1S/C42H48N4O7/c1-42(2,3)53-40(50)43-24-12-11-19-36(38(48)44-30-22-20-29(26-47)21-23-30)45-39(49)37(25-28-13-5-4-6-14-28)46-41(51)52-27-35-33-17-9-7-15-31(33)32-16-8-10-18-34(32)35/h4-10,13-18,20-23,35-37,47H,11-12,19,24-27H2,1-3H3,(H,43,50)(H,44,48)(H,45,49)(H,46,51)/t36-,37-/m0/s1. The number of hydrogen-bond donors (Lipinski definition) is 5. The van der Waals surface area contributed by atoms with Crippen molar-refractivity contribution in [3.63, 3.8) is 0 Å². The minimum Gasteiger partial charge on any atom is -0.449 e. The lowest BCUT2D eigenvalue weighted by atomic mass is 9.98. The van der Waals surface area contributed by atoms with E-state index in [0.29, 0.717) is 30.6 Å². The predicted molar refractivity (Wildman–Crippen MR) is 203 cm³/mol. The molecule has 0 heterocycles. The molecule has 0 saturated heterocycles. The fourth-order valence-electron chi connectivity index (χ4n) is 6.28. The summed E-state index contributed by atoms with van der Waals surface area (Å²) < 4.78 is 11.1. The second-order valence-electron chi connectivity index (χ2n) is 14.0. The largest absolute Gasteiger partial charge is 0.449 e. The van der Waals surface area contributed by atoms with E-state index in [1.165, 1.54) is 0 Å². The summed E-state index contributed by atoms with van der Waals surface area (Å²) in [6.45, 7) is 5.61. The maximum atomic E-state index is 14.0. The first-order valence-corrected chi connectivity index (χ1v) is 17.9. The number of fused-ring (bicyclic) bond motifs is 3. The molecule has 0 radical (unpaired) electrons. The number of aliphatic hydroxyl groups excluding tert-OH is 1. The minimum atomic E-state index is -1.05. The van der Waals surface area contributed by atoms with Gasteiger partial charge in [0, 0.05) is 24.6 Å². The van der Waals surface area contributed by atoms with Gasteiger partial charge in [0.2, 0.25) is 11.8 Å². The number of aliphatic hydroxyl groups is 1. The number of anilines is 1. The molecule has 0 saturated carbocycles. The zero-order valence-electron chi connectivity index (χ0n) is 30.4. The molecule has 11 heteroatoms. The van der Waals surface area contributed by atoms with Gasteiger partial charge < -0.3 is 35.8 Å². The van der Waals surface area contributed by atoms with Gasteiger partial charge in [0.15, 0.2) is 0 Å². The lowest BCUT2D eigenvalue weighted by Crippen LogP contribution is -2.53. The number of ether oxygens (including phenoxy) is 2. The van der Waals surface area contributed by atoms with Gasteiger partial charge in [0.1, 0.15) is 24.3 Å². The summed E-state index contributed by atoms with van der Waals surface area (Å²) in [4.78, 5) is 53.0. The van der Waals surface area contributed by atoms with Crippen LogP contribution in [0.1, 0.15) is 68.2 Å². The molecule has 4 aromatic rings. The molecule has 0 aliphatic heterocycles. The van der Waals surface area contributed by atoms with Crippen molar-refractivity contribution >= 4 is 29.7 Å². The quantitative estimate of drug-likeness (QED) is 0.0885. The summed E-state index contributed by atoms with van der Waals surface area (Å²) in [5.41, 5.74) is 5.72. The first-order chi connectivity index (χ1) is 25.5. The SMILES string of the molecule is CC(C)(C)OC(=O)NCCCC[C@H](NC(=O)[C@H](Cc1ccccc1)NC(=O)OCC1c2ccccc2-c2ccccc21)C(=O)Nc1ccc(CO)cc1. The van der Waals surface area contributed by atoms with Gasteiger partial charge in [0.05, 0.1) is 6.61 Å². The number of benzene rings is 4. The van der Waals surface area contributed by atoms with E-state index in [0.717, 1.165) is 27.8 Å². The Balaban J connectivity index is 1.26. The zero-order valence-corrected chi connectivity index (χ0v) is 30.4. The molecular weight excluding hydrogens is 672 g/mol. The molecule has 1 aliphatic carbocycles. The van der Waals surface area contributed by atoms with Crippen molar-refractivity contribution in [3.8, 4) is 11.1 Å². The number of carbonyl (C=O) groups excluding carboxylic acids is 4. The van der Waals surface area contributed by atoms with Crippen LogP contribution in [0, 0.1) is 0 Å². The molecule has 4 aromatic carbocycles. The number of amides is 4. The molecule has 0 aromatic heterocycles. The van der Waals surface area contributed by atoms with Crippen molar-refractivity contribution in [2.45, 2.75) is 76.7 Å². The third-order valence-corrected chi connectivity index (χ3v) is 8.86. The van der Waals surface area contributed by atoms with E-state index in [4.69, 9.17) is 9.47 Å². The molecule has 11 nitrogen and oxygen atoms in total. The van der Waals surface area contributed by atoms with Gasteiger partial charge in [-0.2, -0.15) is 0 Å². The molecule has 0 fully saturated rings.